The van der Waals surface area contributed by atoms with E-state index in [9.17, 15) is 0 Å². The molecule has 0 amide bonds. The van der Waals surface area contributed by atoms with Gasteiger partial charge in [0.1, 0.15) is 0 Å². The summed E-state index contributed by atoms with van der Waals surface area (Å²) in [5.74, 6) is 0. The maximum Gasteiger partial charge on any atom is 0.0933 e. The van der Waals surface area contributed by atoms with Crippen molar-refractivity contribution in [2.75, 3.05) is 19.8 Å². The Morgan fingerprint density at radius 1 is 1.33 bits per heavy atom. The molecule has 0 aromatic heterocycles. The number of morpholine rings is 1. The molecule has 1 saturated heterocycles. The first-order valence-electron chi connectivity index (χ1n) is 6.47. The minimum atomic E-state index is -0.0514. The van der Waals surface area contributed by atoms with E-state index in [1.54, 1.807) is 0 Å². The van der Waals surface area contributed by atoms with Gasteiger partial charge in [-0.15, -0.1) is 0 Å². The highest BCUT2D eigenvalue weighted by molar-refractivity contribution is 5.22. The van der Waals surface area contributed by atoms with Crippen molar-refractivity contribution in [1.29, 1.82) is 0 Å². The second kappa shape index (κ2) is 6.29. The highest BCUT2D eigenvalue weighted by Gasteiger charge is 2.25. The molecule has 2 atom stereocenters. The van der Waals surface area contributed by atoms with Crippen LogP contribution in [-0.2, 0) is 17.8 Å². The largest absolute Gasteiger partial charge is 0.394 e. The topological polar surface area (TPSA) is 58.7 Å². The van der Waals surface area contributed by atoms with Crippen LogP contribution in [0.2, 0.25) is 0 Å². The lowest BCUT2D eigenvalue weighted by molar-refractivity contribution is -0.0805. The second-order valence-corrected chi connectivity index (χ2v) is 4.94. The van der Waals surface area contributed by atoms with E-state index in [2.05, 4.69) is 36.1 Å². The van der Waals surface area contributed by atoms with E-state index >= 15 is 0 Å². The predicted molar refractivity (Wildman–Crippen MR) is 71.0 cm³/mol. The summed E-state index contributed by atoms with van der Waals surface area (Å²) in [6.45, 7) is 5.20. The van der Waals surface area contributed by atoms with Crippen molar-refractivity contribution in [1.82, 2.24) is 4.90 Å². The summed E-state index contributed by atoms with van der Waals surface area (Å²) in [7, 11) is 0. The molecule has 2 rings (SSSR count). The number of aliphatic hydroxyl groups excluding tert-OH is 1. The smallest absolute Gasteiger partial charge is 0.0933 e. The van der Waals surface area contributed by atoms with E-state index in [-0.39, 0.29) is 12.7 Å². The molecular formula is C14H22N2O2. The maximum atomic E-state index is 9.16. The fourth-order valence-electron chi connectivity index (χ4n) is 2.22. The highest BCUT2D eigenvalue weighted by Crippen LogP contribution is 2.15. The first-order chi connectivity index (χ1) is 8.72. The van der Waals surface area contributed by atoms with E-state index in [0.717, 1.165) is 18.7 Å². The fourth-order valence-corrected chi connectivity index (χ4v) is 2.22. The molecule has 1 heterocycles. The third-order valence-corrected chi connectivity index (χ3v) is 3.48. The molecule has 3 N–H and O–H groups in total. The van der Waals surface area contributed by atoms with E-state index in [4.69, 9.17) is 15.6 Å². The zero-order valence-corrected chi connectivity index (χ0v) is 10.9. The minimum absolute atomic E-state index is 0.0514. The van der Waals surface area contributed by atoms with Crippen LogP contribution >= 0.6 is 0 Å². The Kier molecular flexibility index (Phi) is 4.72. The molecule has 1 fully saturated rings. The van der Waals surface area contributed by atoms with Gasteiger partial charge in [-0.1, -0.05) is 24.3 Å². The van der Waals surface area contributed by atoms with Gasteiger partial charge in [0, 0.05) is 25.7 Å². The number of nitrogens with zero attached hydrogens (tertiary/aromatic N) is 1. The molecule has 0 saturated carbocycles. The molecule has 0 radical (unpaired) electrons. The molecule has 18 heavy (non-hydrogen) atoms. The Morgan fingerprint density at radius 3 is 2.61 bits per heavy atom. The van der Waals surface area contributed by atoms with Gasteiger partial charge in [-0.2, -0.15) is 0 Å². The van der Waals surface area contributed by atoms with Crippen molar-refractivity contribution in [2.45, 2.75) is 32.2 Å². The van der Waals surface area contributed by atoms with Crippen LogP contribution in [-0.4, -0.2) is 41.9 Å². The number of hydrogen-bond acceptors (Lipinski definition) is 4. The van der Waals surface area contributed by atoms with Crippen LogP contribution in [0.15, 0.2) is 24.3 Å². The van der Waals surface area contributed by atoms with Crippen molar-refractivity contribution in [2.24, 2.45) is 5.73 Å². The van der Waals surface area contributed by atoms with Gasteiger partial charge in [0.2, 0.25) is 0 Å². The van der Waals surface area contributed by atoms with Crippen LogP contribution < -0.4 is 5.73 Å². The summed E-state index contributed by atoms with van der Waals surface area (Å²) in [6, 6.07) is 8.78. The molecule has 0 spiro atoms. The van der Waals surface area contributed by atoms with Crippen molar-refractivity contribution in [3.8, 4) is 0 Å². The Morgan fingerprint density at radius 2 is 2.00 bits per heavy atom. The van der Waals surface area contributed by atoms with Crippen LogP contribution in [0, 0.1) is 0 Å². The minimum Gasteiger partial charge on any atom is -0.394 e. The van der Waals surface area contributed by atoms with Crippen molar-refractivity contribution >= 4 is 0 Å². The van der Waals surface area contributed by atoms with Gasteiger partial charge in [-0.05, 0) is 18.1 Å². The lowest BCUT2D eigenvalue weighted by atomic mass is 10.1. The van der Waals surface area contributed by atoms with E-state index < -0.39 is 0 Å². The monoisotopic (exact) mass is 250 g/mol. The third-order valence-electron chi connectivity index (χ3n) is 3.48. The number of aliphatic hydroxyl groups is 1. The molecule has 4 heteroatoms. The summed E-state index contributed by atoms with van der Waals surface area (Å²) in [4.78, 5) is 2.35. The van der Waals surface area contributed by atoms with Crippen LogP contribution in [0.5, 0.6) is 0 Å². The summed E-state index contributed by atoms with van der Waals surface area (Å²) in [5, 5.41) is 9.16. The van der Waals surface area contributed by atoms with Gasteiger partial charge >= 0.3 is 0 Å². The average molecular weight is 250 g/mol. The fraction of sp³-hybridized carbons (Fsp3) is 0.571. The number of ether oxygens (including phenoxy) is 1. The quantitative estimate of drug-likeness (QED) is 0.827. The van der Waals surface area contributed by atoms with Crippen LogP contribution in [0.25, 0.3) is 0 Å². The van der Waals surface area contributed by atoms with E-state index in [0.29, 0.717) is 19.2 Å². The molecule has 0 aliphatic carbocycles. The van der Waals surface area contributed by atoms with E-state index in [1.807, 2.05) is 0 Å². The number of hydrogen-bond donors (Lipinski definition) is 2. The van der Waals surface area contributed by atoms with Crippen molar-refractivity contribution in [3.05, 3.63) is 35.4 Å². The summed E-state index contributed by atoms with van der Waals surface area (Å²) < 4.78 is 5.54. The number of benzene rings is 1. The Hall–Kier alpha value is -0.940. The Balaban J connectivity index is 1.97. The zero-order valence-electron chi connectivity index (χ0n) is 10.9. The van der Waals surface area contributed by atoms with Gasteiger partial charge in [0.25, 0.3) is 0 Å². The molecule has 0 bridgehead atoms. The summed E-state index contributed by atoms with van der Waals surface area (Å²) in [6.07, 6.45) is -0.0514. The Labute approximate surface area is 108 Å². The average Bonchev–Trinajstić information content (AvgIpc) is 2.42. The molecule has 1 aliphatic heterocycles. The molecule has 4 nitrogen and oxygen atoms in total. The van der Waals surface area contributed by atoms with Crippen molar-refractivity contribution in [3.63, 3.8) is 0 Å². The number of nitrogens with two attached hydrogens (primary N) is 1. The van der Waals surface area contributed by atoms with Crippen LogP contribution in [0.1, 0.15) is 18.1 Å². The molecule has 1 aliphatic rings. The van der Waals surface area contributed by atoms with Gasteiger partial charge in [-0.3, -0.25) is 4.90 Å². The van der Waals surface area contributed by atoms with Crippen molar-refractivity contribution < 1.29 is 9.84 Å². The van der Waals surface area contributed by atoms with Gasteiger partial charge in [0.15, 0.2) is 0 Å². The second-order valence-electron chi connectivity index (χ2n) is 4.94. The lowest BCUT2D eigenvalue weighted by Crippen LogP contribution is -2.48. The number of rotatable bonds is 4. The normalized spacial score (nSPS) is 25.3. The van der Waals surface area contributed by atoms with Crippen LogP contribution in [0.4, 0.5) is 0 Å². The SMILES string of the molecule is CC1COC(CO)CN1Cc1ccc(CN)cc1. The Bertz CT molecular complexity index is 367. The summed E-state index contributed by atoms with van der Waals surface area (Å²) in [5.41, 5.74) is 8.02. The zero-order chi connectivity index (χ0) is 13.0. The first-order valence-corrected chi connectivity index (χ1v) is 6.47. The van der Waals surface area contributed by atoms with Gasteiger partial charge in [-0.25, -0.2) is 0 Å². The molecule has 2 unspecified atom stereocenters. The molecular weight excluding hydrogens is 228 g/mol. The highest BCUT2D eigenvalue weighted by atomic mass is 16.5. The molecule has 1 aromatic rings. The maximum absolute atomic E-state index is 9.16. The predicted octanol–water partition coefficient (Wildman–Crippen LogP) is 0.727. The standard InChI is InChI=1S/C14H22N2O2/c1-11-10-18-14(9-17)8-16(11)7-13-4-2-12(6-15)3-5-13/h2-5,11,14,17H,6-10,15H2,1H3. The van der Waals surface area contributed by atoms with Gasteiger partial charge in [0.05, 0.1) is 19.3 Å². The lowest BCUT2D eigenvalue weighted by Gasteiger charge is -2.37. The van der Waals surface area contributed by atoms with E-state index in [1.165, 1.54) is 5.56 Å². The molecule has 100 valence electrons. The summed E-state index contributed by atoms with van der Waals surface area (Å²) >= 11 is 0. The van der Waals surface area contributed by atoms with Gasteiger partial charge < -0.3 is 15.6 Å². The molecule has 1 aromatic carbocycles. The van der Waals surface area contributed by atoms with Crippen LogP contribution in [0.3, 0.4) is 0 Å². The first kappa shape index (κ1) is 13.5. The third kappa shape index (κ3) is 3.29.